The second-order valence-electron chi connectivity index (χ2n) is 7.69. The molecule has 1 aliphatic heterocycles. The van der Waals surface area contributed by atoms with E-state index in [2.05, 4.69) is 20.3 Å². The van der Waals surface area contributed by atoms with Crippen LogP contribution in [-0.4, -0.2) is 33.5 Å². The summed E-state index contributed by atoms with van der Waals surface area (Å²) in [5.41, 5.74) is 1.86. The lowest BCUT2D eigenvalue weighted by atomic mass is 9.95. The van der Waals surface area contributed by atoms with Gasteiger partial charge < -0.3 is 10.3 Å². The number of rotatable bonds is 4. The first-order valence-corrected chi connectivity index (χ1v) is 10.3. The van der Waals surface area contributed by atoms with Crippen molar-refractivity contribution in [3.05, 3.63) is 58.8 Å². The molecule has 0 saturated heterocycles. The molecule has 0 bridgehead atoms. The molecule has 0 saturated carbocycles. The quantitative estimate of drug-likeness (QED) is 0.458. The van der Waals surface area contributed by atoms with Crippen molar-refractivity contribution in [2.75, 3.05) is 5.32 Å². The molecule has 2 aromatic carbocycles. The van der Waals surface area contributed by atoms with Crippen LogP contribution in [0, 0.1) is 5.92 Å². The first kappa shape index (κ1) is 22.7. The largest absolute Gasteiger partial charge is 0.433 e. The number of Topliss-reactive ketones (excluding diaryl/α,β-unsaturated/α-hetero) is 1. The zero-order valence-electron chi connectivity index (χ0n) is 17.5. The van der Waals surface area contributed by atoms with Crippen molar-refractivity contribution in [2.24, 2.45) is 10.9 Å². The summed E-state index contributed by atoms with van der Waals surface area (Å²) >= 11 is 6.35. The number of aromatic amines is 1. The van der Waals surface area contributed by atoms with E-state index >= 15 is 0 Å². The molecule has 0 radical (unpaired) electrons. The molecule has 0 aliphatic carbocycles. The molecule has 170 valence electrons. The smallest absolute Gasteiger partial charge is 0.338 e. The number of aliphatic imine (C=N–C) groups is 1. The Balaban J connectivity index is 1.58. The summed E-state index contributed by atoms with van der Waals surface area (Å²) in [6.07, 6.45) is -3.72. The van der Waals surface area contributed by atoms with Crippen LogP contribution in [0.15, 0.2) is 53.2 Å². The maximum atomic E-state index is 12.9. The van der Waals surface area contributed by atoms with Gasteiger partial charge in [0.05, 0.1) is 22.0 Å². The van der Waals surface area contributed by atoms with Crippen molar-refractivity contribution in [2.45, 2.75) is 26.4 Å². The molecule has 2 N–H and O–H groups in total. The molecule has 0 fully saturated rings. The van der Waals surface area contributed by atoms with E-state index in [4.69, 9.17) is 11.6 Å². The summed E-state index contributed by atoms with van der Waals surface area (Å²) in [5, 5.41) is 3.10. The Morgan fingerprint density at radius 2 is 1.94 bits per heavy atom. The van der Waals surface area contributed by atoms with Crippen LogP contribution in [0.2, 0.25) is 5.02 Å². The Labute approximate surface area is 191 Å². The van der Waals surface area contributed by atoms with Crippen LogP contribution < -0.4 is 5.32 Å². The van der Waals surface area contributed by atoms with Crippen LogP contribution in [0.4, 0.5) is 18.9 Å². The van der Waals surface area contributed by atoms with Gasteiger partial charge in [0, 0.05) is 22.5 Å². The van der Waals surface area contributed by atoms with Gasteiger partial charge in [-0.2, -0.15) is 13.2 Å². The Morgan fingerprint density at radius 3 is 2.61 bits per heavy atom. The summed E-state index contributed by atoms with van der Waals surface area (Å²) in [5.74, 6) is -0.918. The molecule has 6 nitrogen and oxygen atoms in total. The van der Waals surface area contributed by atoms with Gasteiger partial charge in [-0.25, -0.2) is 4.98 Å². The van der Waals surface area contributed by atoms with E-state index in [1.807, 2.05) is 0 Å². The zero-order valence-corrected chi connectivity index (χ0v) is 18.3. The van der Waals surface area contributed by atoms with E-state index in [0.29, 0.717) is 38.7 Å². The van der Waals surface area contributed by atoms with Crippen LogP contribution in [0.25, 0.3) is 22.4 Å². The summed E-state index contributed by atoms with van der Waals surface area (Å²) in [7, 11) is 0. The molecule has 33 heavy (non-hydrogen) atoms. The van der Waals surface area contributed by atoms with Gasteiger partial charge in [0.1, 0.15) is 11.5 Å². The van der Waals surface area contributed by atoms with Gasteiger partial charge in [0.2, 0.25) is 5.91 Å². The number of anilines is 1. The molecule has 3 aromatic rings. The molecule has 1 aliphatic rings. The predicted molar refractivity (Wildman–Crippen MR) is 121 cm³/mol. The van der Waals surface area contributed by atoms with Crippen molar-refractivity contribution in [3.63, 3.8) is 0 Å². The summed E-state index contributed by atoms with van der Waals surface area (Å²) < 4.78 is 38.6. The van der Waals surface area contributed by atoms with Crippen LogP contribution >= 0.6 is 11.6 Å². The van der Waals surface area contributed by atoms with Gasteiger partial charge in [0.15, 0.2) is 5.78 Å². The standard InChI is InChI=1S/C23H18ClF3N4O2/c1-11-15(5-8-20(28-11)23(25,26)27)22(33)29-14-4-6-17(24)16(10-14)21-30-18-7-3-13(12(2)32)9-19(18)31-21/h3-4,6-10,15H,5H2,1-2H3,(H,29,33)(H,30,31). The molecular formula is C23H18ClF3N4O2. The number of hydrogen-bond acceptors (Lipinski definition) is 4. The van der Waals surface area contributed by atoms with Gasteiger partial charge in [-0.3, -0.25) is 14.6 Å². The van der Waals surface area contributed by atoms with Gasteiger partial charge in [0.25, 0.3) is 0 Å². The number of H-pyrrole nitrogens is 1. The fourth-order valence-corrected chi connectivity index (χ4v) is 3.77. The lowest BCUT2D eigenvalue weighted by molar-refractivity contribution is -0.118. The van der Waals surface area contributed by atoms with Crippen molar-refractivity contribution >= 4 is 45.7 Å². The van der Waals surface area contributed by atoms with Gasteiger partial charge >= 0.3 is 6.18 Å². The van der Waals surface area contributed by atoms with Crippen LogP contribution in [0.3, 0.4) is 0 Å². The van der Waals surface area contributed by atoms with Gasteiger partial charge in [-0.1, -0.05) is 17.7 Å². The minimum absolute atomic E-state index is 0.0745. The molecule has 1 aromatic heterocycles. The third-order valence-electron chi connectivity index (χ3n) is 5.33. The number of halogens is 4. The maximum Gasteiger partial charge on any atom is 0.433 e. The maximum absolute atomic E-state index is 12.9. The first-order valence-electron chi connectivity index (χ1n) is 9.97. The molecule has 2 heterocycles. The fraction of sp³-hybridized carbons (Fsp3) is 0.217. The average molecular weight is 475 g/mol. The second kappa shape index (κ2) is 8.47. The number of ketones is 1. The number of hydrogen-bond donors (Lipinski definition) is 2. The van der Waals surface area contributed by atoms with Crippen LogP contribution in [-0.2, 0) is 4.79 Å². The second-order valence-corrected chi connectivity index (χ2v) is 8.09. The third-order valence-corrected chi connectivity index (χ3v) is 5.66. The van der Waals surface area contributed by atoms with Crippen molar-refractivity contribution in [1.82, 2.24) is 9.97 Å². The van der Waals surface area contributed by atoms with Crippen molar-refractivity contribution in [3.8, 4) is 11.4 Å². The zero-order chi connectivity index (χ0) is 23.9. The van der Waals surface area contributed by atoms with Gasteiger partial charge in [-0.05, 0) is 56.7 Å². The highest BCUT2D eigenvalue weighted by Crippen LogP contribution is 2.33. The van der Waals surface area contributed by atoms with E-state index < -0.39 is 23.7 Å². The minimum Gasteiger partial charge on any atom is -0.338 e. The molecule has 4 rings (SSSR count). The fourth-order valence-electron chi connectivity index (χ4n) is 3.56. The Morgan fingerprint density at radius 1 is 1.18 bits per heavy atom. The number of nitrogens with one attached hydrogen (secondary N) is 2. The average Bonchev–Trinajstić information content (AvgIpc) is 3.17. The number of imidazole rings is 1. The highest BCUT2D eigenvalue weighted by molar-refractivity contribution is 6.33. The molecule has 1 unspecified atom stereocenters. The molecule has 1 atom stereocenters. The van der Waals surface area contributed by atoms with E-state index in [0.717, 1.165) is 6.08 Å². The Hall–Kier alpha value is -3.46. The van der Waals surface area contributed by atoms with Gasteiger partial charge in [-0.15, -0.1) is 0 Å². The highest BCUT2D eigenvalue weighted by atomic mass is 35.5. The summed E-state index contributed by atoms with van der Waals surface area (Å²) in [6.45, 7) is 2.87. The van der Waals surface area contributed by atoms with Crippen molar-refractivity contribution < 1.29 is 22.8 Å². The molecule has 0 spiro atoms. The molecular weight excluding hydrogens is 457 g/mol. The van der Waals surface area contributed by atoms with E-state index in [9.17, 15) is 22.8 Å². The van der Waals surface area contributed by atoms with Crippen molar-refractivity contribution in [1.29, 1.82) is 0 Å². The summed E-state index contributed by atoms with van der Waals surface area (Å²) in [4.78, 5) is 35.5. The number of nitrogens with zero attached hydrogens (tertiary/aromatic N) is 2. The number of carbonyl (C=O) groups excluding carboxylic acids is 2. The number of aromatic nitrogens is 2. The topological polar surface area (TPSA) is 87.2 Å². The van der Waals surface area contributed by atoms with E-state index in [1.54, 1.807) is 36.4 Å². The Kier molecular flexibility index (Phi) is 5.84. The lowest BCUT2D eigenvalue weighted by Gasteiger charge is -2.21. The number of allylic oxidation sites excluding steroid dienone is 2. The lowest BCUT2D eigenvalue weighted by Crippen LogP contribution is -2.31. The first-order chi connectivity index (χ1) is 15.5. The minimum atomic E-state index is -4.55. The molecule has 10 heteroatoms. The number of benzene rings is 2. The highest BCUT2D eigenvalue weighted by Gasteiger charge is 2.37. The monoisotopic (exact) mass is 474 g/mol. The molecule has 1 amide bonds. The number of alkyl halides is 3. The summed E-state index contributed by atoms with van der Waals surface area (Å²) in [6, 6.07) is 9.90. The van der Waals surface area contributed by atoms with Crippen LogP contribution in [0.1, 0.15) is 30.6 Å². The number of carbonyl (C=O) groups is 2. The number of fused-ring (bicyclic) bond motifs is 1. The van der Waals surface area contributed by atoms with E-state index in [1.165, 1.54) is 13.8 Å². The third kappa shape index (κ3) is 4.68. The normalized spacial score (nSPS) is 16.4. The van der Waals surface area contributed by atoms with Crippen LogP contribution in [0.5, 0.6) is 0 Å². The SMILES string of the molecule is CC(=O)c1ccc2nc(-c3cc(NC(=O)C4CC=C(C(F)(F)F)N=C4C)ccc3Cl)[nH]c2c1. The number of amides is 1. The van der Waals surface area contributed by atoms with E-state index in [-0.39, 0.29) is 17.9 Å². The Bertz CT molecular complexity index is 1340. The predicted octanol–water partition coefficient (Wildman–Crippen LogP) is 5.95.